The first kappa shape index (κ1) is 20.3. The number of hydrogen-bond acceptors (Lipinski definition) is 4. The van der Waals surface area contributed by atoms with Crippen LogP contribution in [0.2, 0.25) is 20.2 Å². The number of esters is 1. The van der Waals surface area contributed by atoms with Crippen molar-refractivity contribution in [3.05, 3.63) is 60.2 Å². The second kappa shape index (κ2) is 8.56. The van der Waals surface area contributed by atoms with Gasteiger partial charge in [-0.25, -0.2) is 9.78 Å². The van der Waals surface area contributed by atoms with E-state index in [4.69, 9.17) is 51.1 Å². The van der Waals surface area contributed by atoms with E-state index in [1.165, 1.54) is 7.11 Å². The van der Waals surface area contributed by atoms with Gasteiger partial charge < -0.3 is 10.1 Å². The molecule has 0 aliphatic heterocycles. The fourth-order valence-electron chi connectivity index (χ4n) is 1.89. The van der Waals surface area contributed by atoms with Crippen molar-refractivity contribution in [1.82, 2.24) is 10.3 Å². The van der Waals surface area contributed by atoms with E-state index in [-0.39, 0.29) is 25.9 Å². The molecule has 1 aromatic carbocycles. The molecule has 0 aliphatic rings. The van der Waals surface area contributed by atoms with E-state index in [1.807, 2.05) is 0 Å². The molecule has 0 radical (unpaired) electrons. The van der Waals surface area contributed by atoms with Gasteiger partial charge in [0.2, 0.25) is 0 Å². The Kier molecular flexibility index (Phi) is 6.93. The molecule has 0 fully saturated rings. The van der Waals surface area contributed by atoms with Crippen molar-refractivity contribution in [2.24, 2.45) is 0 Å². The van der Waals surface area contributed by atoms with Gasteiger partial charge in [-0.1, -0.05) is 74.5 Å². The molecule has 2 aromatic rings. The number of carbonyl (C=O) groups excluding carboxylic acids is 2. The summed E-state index contributed by atoms with van der Waals surface area (Å²) in [7, 11) is 1.21. The first-order chi connectivity index (χ1) is 11.8. The van der Waals surface area contributed by atoms with E-state index in [0.29, 0.717) is 5.56 Å². The van der Waals surface area contributed by atoms with Gasteiger partial charge in [0.15, 0.2) is 6.04 Å². The van der Waals surface area contributed by atoms with Crippen LogP contribution in [0.1, 0.15) is 22.1 Å². The number of methoxy groups -OCH3 is 1. The van der Waals surface area contributed by atoms with E-state index in [9.17, 15) is 9.59 Å². The molecular weight excluding hydrogens is 478 g/mol. The smallest absolute Gasteiger partial charge is 0.333 e. The van der Waals surface area contributed by atoms with E-state index in [2.05, 4.69) is 26.2 Å². The zero-order valence-corrected chi connectivity index (χ0v) is 17.1. The Morgan fingerprint density at radius 3 is 2.24 bits per heavy atom. The normalized spacial score (nSPS) is 11.8. The number of rotatable bonds is 4. The number of amides is 1. The summed E-state index contributed by atoms with van der Waals surface area (Å²) in [6.07, 6.45) is 0. The lowest BCUT2D eigenvalue weighted by atomic mass is 10.1. The van der Waals surface area contributed by atoms with Gasteiger partial charge in [-0.3, -0.25) is 4.79 Å². The molecule has 1 N–H and O–H groups in total. The molecule has 0 spiro atoms. The number of nitrogens with zero attached hydrogens (tertiary/aromatic N) is 1. The number of nitrogens with one attached hydrogen (secondary N) is 1. The first-order valence-electron chi connectivity index (χ1n) is 6.60. The largest absolute Gasteiger partial charge is 0.467 e. The molecule has 1 atom stereocenters. The highest BCUT2D eigenvalue weighted by Crippen LogP contribution is 2.36. The highest BCUT2D eigenvalue weighted by atomic mass is 79.9. The van der Waals surface area contributed by atoms with Gasteiger partial charge in [-0.05, 0) is 17.7 Å². The minimum Gasteiger partial charge on any atom is -0.467 e. The highest BCUT2D eigenvalue weighted by molar-refractivity contribution is 9.10. The molecule has 25 heavy (non-hydrogen) atoms. The number of ether oxygens (including phenoxy) is 1. The van der Waals surface area contributed by atoms with E-state index >= 15 is 0 Å². The van der Waals surface area contributed by atoms with Crippen LogP contribution < -0.4 is 5.32 Å². The molecule has 132 valence electrons. The van der Waals surface area contributed by atoms with Crippen molar-refractivity contribution >= 4 is 74.2 Å². The molecule has 0 saturated heterocycles. The van der Waals surface area contributed by atoms with Crippen molar-refractivity contribution < 1.29 is 14.3 Å². The summed E-state index contributed by atoms with van der Waals surface area (Å²) < 4.78 is 5.55. The van der Waals surface area contributed by atoms with Gasteiger partial charge in [0.1, 0.15) is 10.8 Å². The number of aromatic nitrogens is 1. The van der Waals surface area contributed by atoms with Gasteiger partial charge in [0.05, 0.1) is 22.2 Å². The van der Waals surface area contributed by atoms with E-state index < -0.39 is 17.9 Å². The number of benzene rings is 1. The topological polar surface area (TPSA) is 68.3 Å². The van der Waals surface area contributed by atoms with Gasteiger partial charge in [0, 0.05) is 4.47 Å². The fraction of sp³-hybridized carbons (Fsp3) is 0.133. The lowest BCUT2D eigenvalue weighted by molar-refractivity contribution is -0.143. The van der Waals surface area contributed by atoms with E-state index in [1.54, 1.807) is 24.3 Å². The van der Waals surface area contributed by atoms with E-state index in [0.717, 1.165) is 4.47 Å². The van der Waals surface area contributed by atoms with Gasteiger partial charge in [-0.15, -0.1) is 0 Å². The third kappa shape index (κ3) is 4.57. The first-order valence-corrected chi connectivity index (χ1v) is 8.90. The fourth-order valence-corrected chi connectivity index (χ4v) is 2.97. The van der Waals surface area contributed by atoms with Crippen LogP contribution in [0.3, 0.4) is 0 Å². The highest BCUT2D eigenvalue weighted by Gasteiger charge is 2.27. The summed E-state index contributed by atoms with van der Waals surface area (Å²) in [6, 6.07) is 5.68. The summed E-state index contributed by atoms with van der Waals surface area (Å²) in [5.74, 6) is -1.43. The SMILES string of the molecule is COC(=O)C(NC(=O)c1nc(Cl)c(Cl)c(Cl)c1Cl)c1ccc(Br)cc1. The molecule has 5 nitrogen and oxygen atoms in total. The maximum Gasteiger partial charge on any atom is 0.333 e. The van der Waals surface area contributed by atoms with Crippen LogP contribution in [0, 0.1) is 0 Å². The Morgan fingerprint density at radius 2 is 1.68 bits per heavy atom. The number of halogens is 5. The predicted octanol–water partition coefficient (Wildman–Crippen LogP) is 5.10. The van der Waals surface area contributed by atoms with Crippen molar-refractivity contribution in [3.8, 4) is 0 Å². The molecule has 0 saturated carbocycles. The summed E-state index contributed by atoms with van der Waals surface area (Å²) >= 11 is 26.9. The molecule has 2 rings (SSSR count). The Hall–Kier alpha value is -1.05. The maximum atomic E-state index is 12.5. The Labute approximate surface area is 171 Å². The number of pyridine rings is 1. The molecule has 1 aromatic heterocycles. The molecule has 1 heterocycles. The van der Waals surface area contributed by atoms with Crippen LogP contribution in [-0.4, -0.2) is 24.0 Å². The van der Waals surface area contributed by atoms with Gasteiger partial charge >= 0.3 is 5.97 Å². The molecule has 1 unspecified atom stereocenters. The maximum absolute atomic E-state index is 12.5. The standard InChI is InChI=1S/C15H9BrCl4N2O3/c1-25-15(24)11(6-2-4-7(16)5-3-6)22-14(23)12-9(18)8(17)10(19)13(20)21-12/h2-5,11H,1H3,(H,22,23). The average molecular weight is 487 g/mol. The van der Waals surface area contributed by atoms with Crippen LogP contribution in [0.5, 0.6) is 0 Å². The van der Waals surface area contributed by atoms with Crippen LogP contribution in [0.4, 0.5) is 0 Å². The third-order valence-corrected chi connectivity index (χ3v) is 5.32. The lowest BCUT2D eigenvalue weighted by Crippen LogP contribution is -2.35. The number of carbonyl (C=O) groups is 2. The second-order valence-corrected chi connectivity index (χ2v) is 7.08. The monoisotopic (exact) mass is 484 g/mol. The van der Waals surface area contributed by atoms with Crippen LogP contribution >= 0.6 is 62.3 Å². The Morgan fingerprint density at radius 1 is 1.08 bits per heavy atom. The zero-order chi connectivity index (χ0) is 18.7. The second-order valence-electron chi connectivity index (χ2n) is 4.67. The molecule has 0 aliphatic carbocycles. The van der Waals surface area contributed by atoms with Crippen molar-refractivity contribution in [3.63, 3.8) is 0 Å². The van der Waals surface area contributed by atoms with Crippen molar-refractivity contribution in [2.45, 2.75) is 6.04 Å². The van der Waals surface area contributed by atoms with Crippen molar-refractivity contribution in [2.75, 3.05) is 7.11 Å². The van der Waals surface area contributed by atoms with Crippen molar-refractivity contribution in [1.29, 1.82) is 0 Å². The number of hydrogen-bond donors (Lipinski definition) is 1. The molecular formula is C15H9BrCl4N2O3. The predicted molar refractivity (Wildman–Crippen MR) is 101 cm³/mol. The summed E-state index contributed by atoms with van der Waals surface area (Å²) in [5, 5.41) is 1.97. The molecule has 1 amide bonds. The van der Waals surface area contributed by atoms with Gasteiger partial charge in [-0.2, -0.15) is 0 Å². The summed E-state index contributed by atoms with van der Waals surface area (Å²) in [5.41, 5.74) is 0.248. The van der Waals surface area contributed by atoms with Gasteiger partial charge in [0.25, 0.3) is 5.91 Å². The Balaban J connectivity index is 2.38. The molecule has 0 bridgehead atoms. The quantitative estimate of drug-likeness (QED) is 0.482. The summed E-state index contributed by atoms with van der Waals surface area (Å²) in [4.78, 5) is 28.4. The van der Waals surface area contributed by atoms with Crippen LogP contribution in [0.25, 0.3) is 0 Å². The lowest BCUT2D eigenvalue weighted by Gasteiger charge is -2.17. The minimum absolute atomic E-state index is 0.0673. The Bertz CT molecular complexity index is 831. The summed E-state index contributed by atoms with van der Waals surface area (Å²) in [6.45, 7) is 0. The van der Waals surface area contributed by atoms with Crippen LogP contribution in [0.15, 0.2) is 28.7 Å². The van der Waals surface area contributed by atoms with Crippen LogP contribution in [-0.2, 0) is 9.53 Å². The average Bonchev–Trinajstić information content (AvgIpc) is 2.61. The minimum atomic E-state index is -1.07. The third-order valence-electron chi connectivity index (χ3n) is 3.12. The zero-order valence-electron chi connectivity index (χ0n) is 12.4. The molecule has 10 heteroatoms.